The highest BCUT2D eigenvalue weighted by molar-refractivity contribution is 5.73. The van der Waals surface area contributed by atoms with Gasteiger partial charge in [0.2, 0.25) is 0 Å². The Labute approximate surface area is 436 Å². The molecule has 0 bridgehead atoms. The first-order valence-electron chi connectivity index (χ1n) is 24.5. The molecule has 0 spiro atoms. The Morgan fingerprint density at radius 3 is 0.987 bits per heavy atom. The Morgan fingerprint density at radius 2 is 0.662 bits per heavy atom. The lowest BCUT2D eigenvalue weighted by atomic mass is 10.0. The number of hydrogen-bond donors (Lipinski definition) is 0. The molecule has 0 atom stereocenters. The number of rotatable bonds is 15. The number of alkyl halides is 9. The van der Waals surface area contributed by atoms with Crippen LogP contribution in [0.1, 0.15) is 27.8 Å². The number of carbonyl (C=O) groups is 3. The predicted molar refractivity (Wildman–Crippen MR) is 258 cm³/mol. The van der Waals surface area contributed by atoms with E-state index < -0.39 is 37.4 Å². The number of carbonyl (C=O) groups excluding carboxylic acids is 3. The number of aryl methyl sites for hydroxylation is 2. The number of nitrogens with zero attached hydrogens (tertiary/aromatic N) is 6. The van der Waals surface area contributed by atoms with Crippen LogP contribution in [0.3, 0.4) is 0 Å². The average molecular weight is 1090 g/mol. The predicted octanol–water partition coefficient (Wildman–Crippen LogP) is 10.1. The van der Waals surface area contributed by atoms with Gasteiger partial charge in [0.05, 0.1) is 0 Å². The Hall–Kier alpha value is -7.44. The topological polar surface area (TPSA) is 126 Å². The highest BCUT2D eigenvalue weighted by atomic mass is 19.4. The van der Waals surface area contributed by atoms with Crippen LogP contribution in [0, 0.1) is 0 Å². The van der Waals surface area contributed by atoms with Crippen molar-refractivity contribution < 1.29 is 82.3 Å². The SMILES string of the molecule is O=C(Oc1ccc(CCc2cc(OC(=O)N3CCN(Cc4ccccc4OC(F)(F)F)CC3)cc(OC(=O)N3CCN(Cc4ccccc4OC(F)(F)F)CC3)c2)cc1)N1CCN(Cc2ccccc2OC(F)(F)F)CC1. The first-order valence-corrected chi connectivity index (χ1v) is 24.5. The molecule has 3 aliphatic rings. The zero-order chi connectivity index (χ0) is 54.7. The number of para-hydroxylation sites is 3. The van der Waals surface area contributed by atoms with Crippen molar-refractivity contribution in [2.45, 2.75) is 51.6 Å². The maximum Gasteiger partial charge on any atom is 0.573 e. The average Bonchev–Trinajstić information content (AvgIpc) is 3.37. The van der Waals surface area contributed by atoms with Gasteiger partial charge in [-0.25, -0.2) is 14.4 Å². The minimum Gasteiger partial charge on any atom is -0.410 e. The summed E-state index contributed by atoms with van der Waals surface area (Å²) in [5.41, 5.74) is 2.48. The summed E-state index contributed by atoms with van der Waals surface area (Å²) in [5.74, 6) is -0.475. The van der Waals surface area contributed by atoms with Crippen molar-refractivity contribution >= 4 is 18.3 Å². The van der Waals surface area contributed by atoms with Crippen molar-refractivity contribution in [1.82, 2.24) is 29.4 Å². The standard InChI is InChI=1S/C53H53F9N6O9/c54-51(55,56)75-45-10-4-1-7-39(45)34-63-19-25-66(26-20-63)48(69)72-42-17-15-37(16-18-42)13-14-38-31-43(73-49(70)67-27-21-64(22-28-67)35-40-8-2-5-11-46(40)76-52(57,58)59)33-44(32-38)74-50(71)68-29-23-65(24-30-68)36-41-9-3-6-12-47(41)77-53(60,61)62/h1-12,15-18,31-33H,13-14,19-30,34-36H2. The first-order chi connectivity index (χ1) is 36.7. The lowest BCUT2D eigenvalue weighted by Crippen LogP contribution is -2.49. The normalized spacial score (nSPS) is 16.2. The van der Waals surface area contributed by atoms with Crippen LogP contribution in [0.15, 0.2) is 115 Å². The van der Waals surface area contributed by atoms with E-state index in [2.05, 4.69) is 14.2 Å². The van der Waals surface area contributed by atoms with E-state index in [4.69, 9.17) is 14.2 Å². The summed E-state index contributed by atoms with van der Waals surface area (Å²) in [7, 11) is 0. The van der Waals surface area contributed by atoms with Gasteiger partial charge in [-0.05, 0) is 66.4 Å². The van der Waals surface area contributed by atoms with Crippen LogP contribution < -0.4 is 28.4 Å². The highest BCUT2D eigenvalue weighted by Crippen LogP contribution is 2.32. The number of amides is 3. The fraction of sp³-hybridized carbons (Fsp3) is 0.377. The van der Waals surface area contributed by atoms with E-state index in [-0.39, 0.29) is 93.4 Å². The van der Waals surface area contributed by atoms with Crippen LogP contribution in [0.4, 0.5) is 53.9 Å². The van der Waals surface area contributed by atoms with Gasteiger partial charge < -0.3 is 43.1 Å². The maximum absolute atomic E-state index is 13.6. The molecule has 0 unspecified atom stereocenters. The van der Waals surface area contributed by atoms with Crippen LogP contribution in [0.25, 0.3) is 0 Å². The molecule has 5 aromatic rings. The Kier molecular flexibility index (Phi) is 17.9. The van der Waals surface area contributed by atoms with Crippen LogP contribution in [-0.4, -0.2) is 145 Å². The molecule has 3 amide bonds. The van der Waals surface area contributed by atoms with E-state index in [1.54, 1.807) is 60.7 Å². The molecule has 77 heavy (non-hydrogen) atoms. The fourth-order valence-electron chi connectivity index (χ4n) is 8.97. The summed E-state index contributed by atoms with van der Waals surface area (Å²) in [6, 6.07) is 29.0. The van der Waals surface area contributed by atoms with E-state index >= 15 is 0 Å². The van der Waals surface area contributed by atoms with Crippen molar-refractivity contribution in [2.75, 3.05) is 78.5 Å². The fourth-order valence-corrected chi connectivity index (χ4v) is 8.97. The first kappa shape index (κ1) is 55.8. The van der Waals surface area contributed by atoms with Crippen molar-refractivity contribution in [3.63, 3.8) is 0 Å². The molecule has 0 N–H and O–H groups in total. The molecule has 5 aromatic carbocycles. The largest absolute Gasteiger partial charge is 0.573 e. The quantitative estimate of drug-likeness (QED) is 0.0927. The minimum atomic E-state index is -4.86. The number of piperazine rings is 3. The molecule has 3 heterocycles. The molecule has 15 nitrogen and oxygen atoms in total. The second-order valence-corrected chi connectivity index (χ2v) is 18.3. The van der Waals surface area contributed by atoms with Crippen LogP contribution >= 0.6 is 0 Å². The number of benzene rings is 5. The van der Waals surface area contributed by atoms with E-state index in [0.717, 1.165) is 5.56 Å². The molecule has 3 aliphatic heterocycles. The van der Waals surface area contributed by atoms with Gasteiger partial charge in [-0.2, -0.15) is 0 Å². The smallest absolute Gasteiger partial charge is 0.410 e. The van der Waals surface area contributed by atoms with Crippen LogP contribution in [0.2, 0.25) is 0 Å². The lowest BCUT2D eigenvalue weighted by molar-refractivity contribution is -0.276. The second kappa shape index (κ2) is 24.7. The molecule has 412 valence electrons. The third-order valence-electron chi connectivity index (χ3n) is 12.8. The molecular weight excluding hydrogens is 1040 g/mol. The number of hydrogen-bond acceptors (Lipinski definition) is 12. The summed E-state index contributed by atoms with van der Waals surface area (Å²) in [5, 5.41) is 0. The summed E-state index contributed by atoms with van der Waals surface area (Å²) < 4.78 is 147. The summed E-state index contributed by atoms with van der Waals surface area (Å²) in [4.78, 5) is 50.4. The number of ether oxygens (including phenoxy) is 6. The van der Waals surface area contributed by atoms with Gasteiger partial charge in [-0.3, -0.25) is 14.7 Å². The van der Waals surface area contributed by atoms with Crippen molar-refractivity contribution in [3.8, 4) is 34.5 Å². The van der Waals surface area contributed by atoms with E-state index in [1.165, 1.54) is 69.3 Å². The van der Waals surface area contributed by atoms with Gasteiger partial charge >= 0.3 is 37.4 Å². The van der Waals surface area contributed by atoms with Gasteiger partial charge in [0.1, 0.15) is 34.5 Å². The van der Waals surface area contributed by atoms with Crippen molar-refractivity contribution in [3.05, 3.63) is 143 Å². The molecule has 0 aromatic heterocycles. The van der Waals surface area contributed by atoms with Gasteiger partial charge in [0.25, 0.3) is 0 Å². The van der Waals surface area contributed by atoms with Gasteiger partial charge in [0, 0.05) is 121 Å². The molecular formula is C53H53F9N6O9. The summed E-state index contributed by atoms with van der Waals surface area (Å²) >= 11 is 0. The van der Waals surface area contributed by atoms with Gasteiger partial charge in [-0.15, -0.1) is 39.5 Å². The van der Waals surface area contributed by atoms with Crippen molar-refractivity contribution in [1.29, 1.82) is 0 Å². The third-order valence-corrected chi connectivity index (χ3v) is 12.8. The second-order valence-electron chi connectivity index (χ2n) is 18.3. The third kappa shape index (κ3) is 17.0. The van der Waals surface area contributed by atoms with Crippen LogP contribution in [-0.2, 0) is 32.5 Å². The van der Waals surface area contributed by atoms with Crippen LogP contribution in [0.5, 0.6) is 34.5 Å². The zero-order valence-corrected chi connectivity index (χ0v) is 41.2. The van der Waals surface area contributed by atoms with E-state index in [1.807, 2.05) is 14.7 Å². The molecule has 3 fully saturated rings. The zero-order valence-electron chi connectivity index (χ0n) is 41.2. The molecule has 8 rings (SSSR count). The Morgan fingerprint density at radius 1 is 0.364 bits per heavy atom. The lowest BCUT2D eigenvalue weighted by Gasteiger charge is -2.34. The van der Waals surface area contributed by atoms with Gasteiger partial charge in [-0.1, -0.05) is 66.7 Å². The van der Waals surface area contributed by atoms with E-state index in [0.29, 0.717) is 74.4 Å². The molecule has 24 heteroatoms. The highest BCUT2D eigenvalue weighted by Gasteiger charge is 2.35. The van der Waals surface area contributed by atoms with Crippen molar-refractivity contribution in [2.24, 2.45) is 0 Å². The minimum absolute atomic E-state index is 0.0731. The molecule has 0 radical (unpaired) electrons. The summed E-state index contributed by atoms with van der Waals surface area (Å²) in [6.45, 7) is 3.89. The molecule has 3 saturated heterocycles. The monoisotopic (exact) mass is 1090 g/mol. The Bertz CT molecular complexity index is 2680. The van der Waals surface area contributed by atoms with Gasteiger partial charge in [0.15, 0.2) is 0 Å². The molecule has 0 aliphatic carbocycles. The Balaban J connectivity index is 0.870. The number of halogens is 9. The maximum atomic E-state index is 13.6. The molecule has 0 saturated carbocycles. The summed E-state index contributed by atoms with van der Waals surface area (Å²) in [6.07, 6.45) is -15.7. The van der Waals surface area contributed by atoms with E-state index in [9.17, 15) is 53.9 Å².